The summed E-state index contributed by atoms with van der Waals surface area (Å²) in [5, 5.41) is 5.03. The first kappa shape index (κ1) is 37.3. The molecule has 14 heteroatoms. The summed E-state index contributed by atoms with van der Waals surface area (Å²) in [6.45, 7) is 8.31. The van der Waals surface area contributed by atoms with E-state index >= 15 is 0 Å². The maximum atomic E-state index is 12.8. The number of amides is 6. The van der Waals surface area contributed by atoms with Crippen LogP contribution in [0.2, 0.25) is 0 Å². The summed E-state index contributed by atoms with van der Waals surface area (Å²) in [6, 6.07) is 13.7. The van der Waals surface area contributed by atoms with Gasteiger partial charge in [0.1, 0.15) is 25.3 Å². The molecule has 2 aromatic carbocycles. The Bertz CT molecular complexity index is 1270. The highest BCUT2D eigenvalue weighted by atomic mass is 16.6. The van der Waals surface area contributed by atoms with E-state index in [4.69, 9.17) is 9.47 Å². The van der Waals surface area contributed by atoms with Crippen molar-refractivity contribution >= 4 is 30.0 Å². The molecule has 0 bridgehead atoms. The summed E-state index contributed by atoms with van der Waals surface area (Å²) in [7, 11) is 3.95. The Kier molecular flexibility index (Phi) is 15.8. The molecular formula is C32H47N7O7. The lowest BCUT2D eigenvalue weighted by Gasteiger charge is -2.21. The van der Waals surface area contributed by atoms with E-state index in [1.54, 1.807) is 12.1 Å². The van der Waals surface area contributed by atoms with Crippen molar-refractivity contribution in [1.82, 2.24) is 37.2 Å². The molecule has 0 saturated carbocycles. The summed E-state index contributed by atoms with van der Waals surface area (Å²) in [4.78, 5) is 64.6. The highest BCUT2D eigenvalue weighted by molar-refractivity contribution is 5.89. The Morgan fingerprint density at radius 2 is 1.02 bits per heavy atom. The van der Waals surface area contributed by atoms with Gasteiger partial charge in [-0.25, -0.2) is 25.2 Å². The van der Waals surface area contributed by atoms with Crippen LogP contribution in [-0.4, -0.2) is 61.1 Å². The van der Waals surface area contributed by atoms with E-state index in [1.165, 1.54) is 0 Å². The van der Waals surface area contributed by atoms with Crippen molar-refractivity contribution in [3.8, 4) is 0 Å². The van der Waals surface area contributed by atoms with Gasteiger partial charge in [-0.05, 0) is 55.5 Å². The fourth-order valence-electron chi connectivity index (χ4n) is 4.19. The fraction of sp³-hybridized carbons (Fsp3) is 0.469. The van der Waals surface area contributed by atoms with Gasteiger partial charge < -0.3 is 25.0 Å². The van der Waals surface area contributed by atoms with Crippen LogP contribution < -0.4 is 32.3 Å². The molecule has 14 nitrogen and oxygen atoms in total. The Balaban J connectivity index is 1.81. The third-order valence-corrected chi connectivity index (χ3v) is 6.33. The number of urea groups is 1. The number of benzene rings is 2. The van der Waals surface area contributed by atoms with Crippen LogP contribution in [0, 0.1) is 11.8 Å². The summed E-state index contributed by atoms with van der Waals surface area (Å²) in [5.74, 6) is -1.33. The van der Waals surface area contributed by atoms with Gasteiger partial charge in [-0.15, -0.1) is 0 Å². The number of carbonyl (C=O) groups excluding carboxylic acids is 5. The fourth-order valence-corrected chi connectivity index (χ4v) is 4.19. The molecule has 0 heterocycles. The Hall–Kier alpha value is -4.85. The third kappa shape index (κ3) is 15.2. The van der Waals surface area contributed by atoms with Crippen molar-refractivity contribution in [2.24, 2.45) is 11.8 Å². The molecule has 0 aliphatic rings. The summed E-state index contributed by atoms with van der Waals surface area (Å²) >= 11 is 0. The van der Waals surface area contributed by atoms with Gasteiger partial charge in [-0.1, -0.05) is 82.3 Å². The average Bonchev–Trinajstić information content (AvgIpc) is 3.00. The SMILES string of the molecule is CC(C)C[C@H](NC(=O)OCc1ccccc1)C(=O)NNC(=O)NNC(=O)[C@H](CC(C)C)NC(=O)OCc1ccc(CN(C)C)cc1. The van der Waals surface area contributed by atoms with Crippen LogP contribution in [0.5, 0.6) is 0 Å². The van der Waals surface area contributed by atoms with Crippen LogP contribution in [0.25, 0.3) is 0 Å². The van der Waals surface area contributed by atoms with Crippen LogP contribution in [0.3, 0.4) is 0 Å². The summed E-state index contributed by atoms with van der Waals surface area (Å²) < 4.78 is 10.5. The topological polar surface area (TPSA) is 179 Å². The van der Waals surface area contributed by atoms with Crippen molar-refractivity contribution in [2.75, 3.05) is 14.1 Å². The largest absolute Gasteiger partial charge is 0.445 e. The monoisotopic (exact) mass is 641 g/mol. The molecule has 0 spiro atoms. The van der Waals surface area contributed by atoms with Crippen LogP contribution in [-0.2, 0) is 38.8 Å². The molecule has 6 N–H and O–H groups in total. The first-order valence-corrected chi connectivity index (χ1v) is 15.1. The first-order chi connectivity index (χ1) is 21.8. The van der Waals surface area contributed by atoms with E-state index < -0.39 is 42.1 Å². The molecule has 252 valence electrons. The van der Waals surface area contributed by atoms with Crippen molar-refractivity contribution < 1.29 is 33.4 Å². The molecule has 0 aromatic heterocycles. The third-order valence-electron chi connectivity index (χ3n) is 6.33. The van der Waals surface area contributed by atoms with E-state index in [9.17, 15) is 24.0 Å². The van der Waals surface area contributed by atoms with E-state index in [-0.39, 0.29) is 37.9 Å². The van der Waals surface area contributed by atoms with E-state index in [1.807, 2.05) is 89.2 Å². The van der Waals surface area contributed by atoms with Crippen molar-refractivity contribution in [1.29, 1.82) is 0 Å². The second-order valence-corrected chi connectivity index (χ2v) is 11.9. The molecule has 0 aliphatic carbocycles. The molecule has 0 aliphatic heterocycles. The van der Waals surface area contributed by atoms with Gasteiger partial charge in [0.2, 0.25) is 0 Å². The number of alkyl carbamates (subject to hydrolysis) is 2. The smallest absolute Gasteiger partial charge is 0.408 e. The molecule has 0 fully saturated rings. The van der Waals surface area contributed by atoms with Gasteiger partial charge >= 0.3 is 18.2 Å². The summed E-state index contributed by atoms with van der Waals surface area (Å²) in [6.07, 6.45) is -1.04. The molecule has 2 aromatic rings. The van der Waals surface area contributed by atoms with Crippen molar-refractivity contribution in [3.05, 3.63) is 71.3 Å². The zero-order valence-corrected chi connectivity index (χ0v) is 27.3. The lowest BCUT2D eigenvalue weighted by molar-refractivity contribution is -0.124. The zero-order valence-electron chi connectivity index (χ0n) is 27.3. The van der Waals surface area contributed by atoms with E-state index in [0.29, 0.717) is 0 Å². The summed E-state index contributed by atoms with van der Waals surface area (Å²) in [5.41, 5.74) is 11.4. The minimum atomic E-state index is -1.01. The lowest BCUT2D eigenvalue weighted by Crippen LogP contribution is -2.58. The standard InChI is InChI=1S/C32H47N7O7/c1-21(2)16-26(33-31(43)45-19-24-10-8-7-9-11-24)28(40)35-37-30(42)38-36-29(41)27(17-22(3)4)34-32(44)46-20-25-14-12-23(13-15-25)18-39(5)6/h7-15,21-22,26-27H,16-20H2,1-6H3,(H,33,43)(H,34,44)(H,35,40)(H,36,41)(H2,37,38,42)/t26-,27-/m0/s1. The molecule has 2 rings (SSSR count). The number of nitrogens with one attached hydrogen (secondary N) is 6. The van der Waals surface area contributed by atoms with Gasteiger partial charge in [-0.2, -0.15) is 0 Å². The minimum Gasteiger partial charge on any atom is -0.445 e. The molecular weight excluding hydrogens is 594 g/mol. The van der Waals surface area contributed by atoms with E-state index in [2.05, 4.69) is 32.3 Å². The minimum absolute atomic E-state index is 0.0157. The average molecular weight is 642 g/mol. The highest BCUT2D eigenvalue weighted by Crippen LogP contribution is 2.09. The normalized spacial score (nSPS) is 12.1. The first-order valence-electron chi connectivity index (χ1n) is 15.1. The number of ether oxygens (including phenoxy) is 2. The van der Waals surface area contributed by atoms with Gasteiger partial charge in [0.25, 0.3) is 11.8 Å². The Morgan fingerprint density at radius 3 is 1.43 bits per heavy atom. The van der Waals surface area contributed by atoms with Crippen LogP contribution >= 0.6 is 0 Å². The van der Waals surface area contributed by atoms with Crippen LogP contribution in [0.1, 0.15) is 57.2 Å². The van der Waals surface area contributed by atoms with Gasteiger partial charge in [0.15, 0.2) is 0 Å². The van der Waals surface area contributed by atoms with Crippen LogP contribution in [0.4, 0.5) is 14.4 Å². The molecule has 6 amide bonds. The Morgan fingerprint density at radius 1 is 0.609 bits per heavy atom. The van der Waals surface area contributed by atoms with Gasteiger partial charge in [-0.3, -0.25) is 20.4 Å². The number of carbonyl (C=O) groups is 5. The van der Waals surface area contributed by atoms with Crippen molar-refractivity contribution in [3.63, 3.8) is 0 Å². The predicted molar refractivity (Wildman–Crippen MR) is 171 cm³/mol. The second kappa shape index (κ2) is 19.5. The predicted octanol–water partition coefficient (Wildman–Crippen LogP) is 3.09. The maximum Gasteiger partial charge on any atom is 0.408 e. The number of hydrogen-bond donors (Lipinski definition) is 6. The maximum absolute atomic E-state index is 12.8. The number of hydrogen-bond acceptors (Lipinski definition) is 8. The van der Waals surface area contributed by atoms with E-state index in [0.717, 1.165) is 23.2 Å². The van der Waals surface area contributed by atoms with Crippen LogP contribution in [0.15, 0.2) is 54.6 Å². The molecule has 0 unspecified atom stereocenters. The lowest BCUT2D eigenvalue weighted by atomic mass is 10.0. The number of hydrazine groups is 2. The second-order valence-electron chi connectivity index (χ2n) is 11.9. The molecule has 2 atom stereocenters. The number of nitrogens with zero attached hydrogens (tertiary/aromatic N) is 1. The molecule has 0 saturated heterocycles. The van der Waals surface area contributed by atoms with Gasteiger partial charge in [0.05, 0.1) is 0 Å². The van der Waals surface area contributed by atoms with Gasteiger partial charge in [0, 0.05) is 6.54 Å². The zero-order chi connectivity index (χ0) is 34.1. The van der Waals surface area contributed by atoms with Crippen molar-refractivity contribution in [2.45, 2.75) is 72.4 Å². The molecule has 0 radical (unpaired) electrons. The Labute approximate surface area is 270 Å². The molecule has 46 heavy (non-hydrogen) atoms. The highest BCUT2D eigenvalue weighted by Gasteiger charge is 2.25. The quantitative estimate of drug-likeness (QED) is 0.170. The number of rotatable bonds is 14.